The second-order valence-electron chi connectivity index (χ2n) is 9.19. The summed E-state index contributed by atoms with van der Waals surface area (Å²) >= 11 is 0. The molecule has 0 saturated carbocycles. The lowest BCUT2D eigenvalue weighted by Gasteiger charge is -2.22. The molecule has 12 heteroatoms. The number of fused-ring (bicyclic) bond motifs is 1. The lowest BCUT2D eigenvalue weighted by atomic mass is 10.1. The summed E-state index contributed by atoms with van der Waals surface area (Å²) in [7, 11) is 0. The fourth-order valence-electron chi connectivity index (χ4n) is 3.15. The molecule has 0 saturated heterocycles. The van der Waals surface area contributed by atoms with Crippen molar-refractivity contribution in [2.45, 2.75) is 78.6 Å². The van der Waals surface area contributed by atoms with Gasteiger partial charge in [0.05, 0.1) is 30.7 Å². The quantitative estimate of drug-likeness (QED) is 0.444. The predicted octanol–water partition coefficient (Wildman–Crippen LogP) is 3.60. The Morgan fingerprint density at radius 2 is 1.89 bits per heavy atom. The molecule has 3 N–H and O–H groups in total. The normalized spacial score (nSPS) is 12.3. The molecule has 0 spiro atoms. The summed E-state index contributed by atoms with van der Waals surface area (Å²) in [5.74, 6) is 0.175. The Morgan fingerprint density at radius 3 is 2.49 bits per heavy atom. The SMILES string of the molecule is CCCOC(=O)n1c(CCC(CO)NC(=O)OC(C)(C)C)cc2c(NC(=O)OC(C)C)ncnc21. The lowest BCUT2D eigenvalue weighted by Crippen LogP contribution is -2.41. The number of anilines is 1. The molecule has 2 aromatic rings. The number of hydrogen-bond donors (Lipinski definition) is 3. The molecule has 0 fully saturated rings. The molecule has 2 heterocycles. The summed E-state index contributed by atoms with van der Waals surface area (Å²) < 4.78 is 17.0. The van der Waals surface area contributed by atoms with E-state index in [2.05, 4.69) is 20.6 Å². The highest BCUT2D eigenvalue weighted by molar-refractivity contribution is 5.99. The van der Waals surface area contributed by atoms with E-state index in [9.17, 15) is 19.5 Å². The predicted molar refractivity (Wildman–Crippen MR) is 128 cm³/mol. The number of amides is 2. The van der Waals surface area contributed by atoms with Crippen molar-refractivity contribution in [2.75, 3.05) is 18.5 Å². The van der Waals surface area contributed by atoms with Gasteiger partial charge in [0.15, 0.2) is 5.65 Å². The lowest BCUT2D eigenvalue weighted by molar-refractivity contribution is 0.0478. The van der Waals surface area contributed by atoms with Gasteiger partial charge in [-0.25, -0.2) is 28.9 Å². The molecule has 1 unspecified atom stereocenters. The number of aryl methyl sites for hydroxylation is 1. The summed E-state index contributed by atoms with van der Waals surface area (Å²) in [6.45, 7) is 10.4. The second kappa shape index (κ2) is 12.3. The van der Waals surface area contributed by atoms with Crippen molar-refractivity contribution in [1.82, 2.24) is 19.9 Å². The van der Waals surface area contributed by atoms with E-state index in [1.54, 1.807) is 40.7 Å². The van der Waals surface area contributed by atoms with E-state index in [4.69, 9.17) is 14.2 Å². The third kappa shape index (κ3) is 8.39. The zero-order valence-electron chi connectivity index (χ0n) is 21.1. The highest BCUT2D eigenvalue weighted by Gasteiger charge is 2.23. The largest absolute Gasteiger partial charge is 0.449 e. The summed E-state index contributed by atoms with van der Waals surface area (Å²) in [4.78, 5) is 45.4. The van der Waals surface area contributed by atoms with Crippen LogP contribution in [0.3, 0.4) is 0 Å². The molecule has 0 aliphatic heterocycles. The van der Waals surface area contributed by atoms with Crippen molar-refractivity contribution in [3.63, 3.8) is 0 Å². The monoisotopic (exact) mass is 493 g/mol. The third-order valence-corrected chi connectivity index (χ3v) is 4.54. The maximum absolute atomic E-state index is 12.9. The average Bonchev–Trinajstić information content (AvgIpc) is 3.12. The Balaban J connectivity index is 2.33. The molecule has 0 aromatic carbocycles. The number of nitrogens with one attached hydrogen (secondary N) is 2. The standard InChI is InChI=1S/C23H35N5O7/c1-7-10-33-22(32)28-16(9-8-15(12-29)26-21(31)35-23(4,5)6)11-17-18(24-13-25-19(17)28)27-20(30)34-14(2)3/h11,13-15,29H,7-10,12H2,1-6H3,(H,26,31)(H,24,25,27,30). The fraction of sp³-hybridized carbons (Fsp3) is 0.609. The van der Waals surface area contributed by atoms with Gasteiger partial charge >= 0.3 is 18.3 Å². The molecule has 12 nitrogen and oxygen atoms in total. The Morgan fingerprint density at radius 1 is 1.17 bits per heavy atom. The summed E-state index contributed by atoms with van der Waals surface area (Å²) in [6.07, 6.45) is 0.116. The van der Waals surface area contributed by atoms with Crippen molar-refractivity contribution in [3.8, 4) is 0 Å². The number of rotatable bonds is 9. The number of ether oxygens (including phenoxy) is 3. The highest BCUT2D eigenvalue weighted by Crippen LogP contribution is 2.25. The minimum absolute atomic E-state index is 0.175. The first-order chi connectivity index (χ1) is 16.4. The fourth-order valence-corrected chi connectivity index (χ4v) is 3.15. The van der Waals surface area contributed by atoms with Crippen LogP contribution in [0.1, 0.15) is 60.1 Å². The van der Waals surface area contributed by atoms with Crippen LogP contribution in [0, 0.1) is 0 Å². The molecule has 0 bridgehead atoms. The number of nitrogens with zero attached hydrogens (tertiary/aromatic N) is 3. The number of aliphatic hydroxyl groups is 1. The number of carbonyl (C=O) groups is 3. The van der Waals surface area contributed by atoms with Gasteiger partial charge in [0.25, 0.3) is 0 Å². The first-order valence-electron chi connectivity index (χ1n) is 11.6. The number of alkyl carbamates (subject to hydrolysis) is 1. The van der Waals surface area contributed by atoms with Crippen LogP contribution in [0.2, 0.25) is 0 Å². The number of hydrogen-bond acceptors (Lipinski definition) is 9. The van der Waals surface area contributed by atoms with Crippen molar-refractivity contribution in [1.29, 1.82) is 0 Å². The molecule has 0 radical (unpaired) electrons. The molecular weight excluding hydrogens is 458 g/mol. The van der Waals surface area contributed by atoms with Crippen LogP contribution in [0.15, 0.2) is 12.4 Å². The number of aliphatic hydroxyl groups excluding tert-OH is 1. The zero-order chi connectivity index (χ0) is 26.2. The molecule has 0 aliphatic carbocycles. The van der Waals surface area contributed by atoms with Crippen molar-refractivity contribution < 1.29 is 33.7 Å². The van der Waals surface area contributed by atoms with Crippen molar-refractivity contribution >= 4 is 35.1 Å². The van der Waals surface area contributed by atoms with E-state index >= 15 is 0 Å². The Kier molecular flexibility index (Phi) is 9.81. The van der Waals surface area contributed by atoms with E-state index in [-0.39, 0.29) is 37.2 Å². The van der Waals surface area contributed by atoms with Gasteiger partial charge in [-0.15, -0.1) is 0 Å². The van der Waals surface area contributed by atoms with Gasteiger partial charge in [-0.1, -0.05) is 6.92 Å². The minimum atomic E-state index is -0.690. The molecule has 194 valence electrons. The van der Waals surface area contributed by atoms with E-state index in [1.165, 1.54) is 10.9 Å². The van der Waals surface area contributed by atoms with E-state index < -0.39 is 29.9 Å². The van der Waals surface area contributed by atoms with Gasteiger partial charge in [0.1, 0.15) is 17.7 Å². The summed E-state index contributed by atoms with van der Waals surface area (Å²) in [6, 6.07) is 1.04. The average molecular weight is 494 g/mol. The number of carbonyl (C=O) groups excluding carboxylic acids is 3. The van der Waals surface area contributed by atoms with Gasteiger partial charge in [-0.2, -0.15) is 0 Å². The van der Waals surface area contributed by atoms with Crippen LogP contribution >= 0.6 is 0 Å². The second-order valence-corrected chi connectivity index (χ2v) is 9.19. The first-order valence-corrected chi connectivity index (χ1v) is 11.6. The molecular formula is C23H35N5O7. The Bertz CT molecular complexity index is 1030. The van der Waals surface area contributed by atoms with Crippen LogP contribution < -0.4 is 10.6 Å². The van der Waals surface area contributed by atoms with E-state index in [1.807, 2.05) is 6.92 Å². The van der Waals surface area contributed by atoms with Crippen LogP contribution in [-0.4, -0.2) is 68.9 Å². The zero-order valence-corrected chi connectivity index (χ0v) is 21.1. The number of aromatic nitrogens is 3. The molecule has 35 heavy (non-hydrogen) atoms. The van der Waals surface area contributed by atoms with Crippen molar-refractivity contribution in [3.05, 3.63) is 18.1 Å². The summed E-state index contributed by atoms with van der Waals surface area (Å²) in [5, 5.41) is 15.4. The summed E-state index contributed by atoms with van der Waals surface area (Å²) in [5.41, 5.74) is 0.0705. The van der Waals surface area contributed by atoms with Crippen LogP contribution in [0.5, 0.6) is 0 Å². The van der Waals surface area contributed by atoms with Crippen molar-refractivity contribution in [2.24, 2.45) is 0 Å². The molecule has 2 rings (SSSR count). The third-order valence-electron chi connectivity index (χ3n) is 4.54. The minimum Gasteiger partial charge on any atom is -0.449 e. The van der Waals surface area contributed by atoms with Crippen LogP contribution in [-0.2, 0) is 20.6 Å². The van der Waals surface area contributed by atoms with Gasteiger partial charge < -0.3 is 24.6 Å². The smallest absolute Gasteiger partial charge is 0.419 e. The van der Waals surface area contributed by atoms with E-state index in [0.29, 0.717) is 23.9 Å². The highest BCUT2D eigenvalue weighted by atomic mass is 16.6. The maximum atomic E-state index is 12.9. The van der Waals surface area contributed by atoms with Gasteiger partial charge in [0.2, 0.25) is 0 Å². The van der Waals surface area contributed by atoms with Gasteiger partial charge in [-0.05, 0) is 59.9 Å². The van der Waals surface area contributed by atoms with Crippen LogP contribution in [0.25, 0.3) is 11.0 Å². The topological polar surface area (TPSA) is 154 Å². The van der Waals surface area contributed by atoms with Gasteiger partial charge in [0, 0.05) is 5.69 Å². The maximum Gasteiger partial charge on any atom is 0.419 e. The first kappa shape index (κ1) is 27.8. The van der Waals surface area contributed by atoms with E-state index in [0.717, 1.165) is 0 Å². The van der Waals surface area contributed by atoms with Crippen LogP contribution in [0.4, 0.5) is 20.2 Å². The Labute approximate surface area is 204 Å². The molecule has 2 aromatic heterocycles. The van der Waals surface area contributed by atoms with Gasteiger partial charge in [-0.3, -0.25) is 5.32 Å². The molecule has 0 aliphatic rings. The molecule has 2 amide bonds. The Hall–Kier alpha value is -3.41. The molecule has 1 atom stereocenters.